The molecule has 2 unspecified atom stereocenters. The molecule has 1 fully saturated rings. The van der Waals surface area contributed by atoms with Crippen molar-refractivity contribution < 1.29 is 9.47 Å². The van der Waals surface area contributed by atoms with E-state index in [1.165, 1.54) is 12.8 Å². The number of ether oxygens (including phenoxy) is 2. The van der Waals surface area contributed by atoms with Gasteiger partial charge in [0.05, 0.1) is 24.9 Å². The first-order valence-electron chi connectivity index (χ1n) is 7.66. The molecular formula is C15H32N2O2. The Morgan fingerprint density at radius 1 is 1.21 bits per heavy atom. The molecule has 114 valence electrons. The maximum Gasteiger partial charge on any atom is 0.0707 e. The molecule has 0 aliphatic carbocycles. The summed E-state index contributed by atoms with van der Waals surface area (Å²) in [5, 5.41) is 3.45. The fourth-order valence-corrected chi connectivity index (χ4v) is 2.31. The standard InChI is InChI=1S/C15H32N2O2/c1-12(2)16-10-14-6-7-15(19-14)11-17(5)8-9-18-13(3)4/h12-16H,6-11H2,1-5H3. The molecule has 0 radical (unpaired) electrons. The zero-order valence-electron chi connectivity index (χ0n) is 13.3. The fraction of sp³-hybridized carbons (Fsp3) is 1.00. The van der Waals surface area contributed by atoms with E-state index in [2.05, 4.69) is 45.0 Å². The minimum atomic E-state index is 0.322. The lowest BCUT2D eigenvalue weighted by Crippen LogP contribution is -2.35. The molecule has 1 rings (SSSR count). The summed E-state index contributed by atoms with van der Waals surface area (Å²) >= 11 is 0. The highest BCUT2D eigenvalue weighted by Crippen LogP contribution is 2.19. The predicted octanol–water partition coefficient (Wildman–Crippen LogP) is 1.89. The van der Waals surface area contributed by atoms with Gasteiger partial charge >= 0.3 is 0 Å². The van der Waals surface area contributed by atoms with Crippen LogP contribution in [0.1, 0.15) is 40.5 Å². The van der Waals surface area contributed by atoms with Gasteiger partial charge in [0, 0.05) is 25.7 Å². The molecule has 1 aliphatic heterocycles. The second-order valence-electron chi connectivity index (χ2n) is 6.20. The average Bonchev–Trinajstić information content (AvgIpc) is 2.73. The van der Waals surface area contributed by atoms with Crippen LogP contribution in [0.25, 0.3) is 0 Å². The minimum absolute atomic E-state index is 0.322. The van der Waals surface area contributed by atoms with E-state index in [1.54, 1.807) is 0 Å². The lowest BCUT2D eigenvalue weighted by molar-refractivity contribution is 0.0160. The molecule has 0 amide bonds. The van der Waals surface area contributed by atoms with E-state index in [-0.39, 0.29) is 0 Å². The molecule has 0 aromatic carbocycles. The van der Waals surface area contributed by atoms with Gasteiger partial charge in [0.1, 0.15) is 0 Å². The van der Waals surface area contributed by atoms with E-state index >= 15 is 0 Å². The van der Waals surface area contributed by atoms with Crippen LogP contribution in [0.4, 0.5) is 0 Å². The van der Waals surface area contributed by atoms with Crippen LogP contribution >= 0.6 is 0 Å². The summed E-state index contributed by atoms with van der Waals surface area (Å²) in [7, 11) is 2.15. The summed E-state index contributed by atoms with van der Waals surface area (Å²) in [5.41, 5.74) is 0. The van der Waals surface area contributed by atoms with Crippen LogP contribution in [0.3, 0.4) is 0 Å². The highest BCUT2D eigenvalue weighted by molar-refractivity contribution is 4.77. The van der Waals surface area contributed by atoms with Crippen LogP contribution in [-0.4, -0.2) is 62.5 Å². The molecule has 1 N–H and O–H groups in total. The van der Waals surface area contributed by atoms with Gasteiger partial charge in [-0.2, -0.15) is 0 Å². The zero-order valence-corrected chi connectivity index (χ0v) is 13.3. The average molecular weight is 272 g/mol. The molecule has 4 nitrogen and oxygen atoms in total. The molecule has 0 aromatic heterocycles. The Hall–Kier alpha value is -0.160. The van der Waals surface area contributed by atoms with Gasteiger partial charge in [0.25, 0.3) is 0 Å². The molecule has 1 aliphatic rings. The Labute approximate surface area is 118 Å². The summed E-state index contributed by atoms with van der Waals surface area (Å²) in [6, 6.07) is 0.540. The van der Waals surface area contributed by atoms with Gasteiger partial charge in [0.15, 0.2) is 0 Å². The van der Waals surface area contributed by atoms with Crippen molar-refractivity contribution in [2.24, 2.45) is 0 Å². The highest BCUT2D eigenvalue weighted by atomic mass is 16.5. The summed E-state index contributed by atoms with van der Waals surface area (Å²) in [6.07, 6.45) is 3.47. The van der Waals surface area contributed by atoms with Crippen molar-refractivity contribution in [2.75, 3.05) is 33.3 Å². The zero-order chi connectivity index (χ0) is 14.3. The quantitative estimate of drug-likeness (QED) is 0.695. The predicted molar refractivity (Wildman–Crippen MR) is 79.6 cm³/mol. The third-order valence-electron chi connectivity index (χ3n) is 3.39. The van der Waals surface area contributed by atoms with Crippen LogP contribution in [0.2, 0.25) is 0 Å². The van der Waals surface area contributed by atoms with Gasteiger partial charge in [-0.05, 0) is 33.7 Å². The summed E-state index contributed by atoms with van der Waals surface area (Å²) in [5.74, 6) is 0. The van der Waals surface area contributed by atoms with Gasteiger partial charge in [-0.3, -0.25) is 0 Å². The maximum atomic E-state index is 6.06. The summed E-state index contributed by atoms with van der Waals surface area (Å²) < 4.78 is 11.6. The number of rotatable bonds is 9. The Kier molecular flexibility index (Phi) is 7.91. The van der Waals surface area contributed by atoms with Crippen LogP contribution in [-0.2, 0) is 9.47 Å². The summed E-state index contributed by atoms with van der Waals surface area (Å²) in [6.45, 7) is 12.3. The molecule has 0 bridgehead atoms. The molecule has 0 aromatic rings. The van der Waals surface area contributed by atoms with Crippen molar-refractivity contribution in [1.82, 2.24) is 10.2 Å². The Morgan fingerprint density at radius 2 is 1.89 bits per heavy atom. The second kappa shape index (κ2) is 8.90. The van der Waals surface area contributed by atoms with E-state index in [9.17, 15) is 0 Å². The van der Waals surface area contributed by atoms with E-state index in [1.807, 2.05) is 0 Å². The van der Waals surface area contributed by atoms with Gasteiger partial charge in [-0.25, -0.2) is 0 Å². The van der Waals surface area contributed by atoms with Gasteiger partial charge in [-0.1, -0.05) is 13.8 Å². The van der Waals surface area contributed by atoms with Crippen LogP contribution < -0.4 is 5.32 Å². The number of nitrogens with one attached hydrogen (secondary N) is 1. The second-order valence-corrected chi connectivity index (χ2v) is 6.20. The minimum Gasteiger partial charge on any atom is -0.377 e. The summed E-state index contributed by atoms with van der Waals surface area (Å²) in [4.78, 5) is 2.31. The Bertz CT molecular complexity index is 234. The van der Waals surface area contributed by atoms with Crippen molar-refractivity contribution in [3.63, 3.8) is 0 Å². The van der Waals surface area contributed by atoms with Crippen LogP contribution in [0.15, 0.2) is 0 Å². The number of hydrogen-bond donors (Lipinski definition) is 1. The van der Waals surface area contributed by atoms with Gasteiger partial charge in [0.2, 0.25) is 0 Å². The lowest BCUT2D eigenvalue weighted by atomic mass is 10.2. The van der Waals surface area contributed by atoms with Crippen LogP contribution in [0.5, 0.6) is 0 Å². The first kappa shape index (κ1) is 16.9. The topological polar surface area (TPSA) is 33.7 Å². The van der Waals surface area contributed by atoms with E-state index in [0.29, 0.717) is 24.4 Å². The van der Waals surface area contributed by atoms with Gasteiger partial charge in [-0.15, -0.1) is 0 Å². The molecular weight excluding hydrogens is 240 g/mol. The maximum absolute atomic E-state index is 6.06. The fourth-order valence-electron chi connectivity index (χ4n) is 2.31. The van der Waals surface area contributed by atoms with Crippen molar-refractivity contribution in [2.45, 2.75) is 64.9 Å². The molecule has 19 heavy (non-hydrogen) atoms. The smallest absolute Gasteiger partial charge is 0.0707 e. The van der Waals surface area contributed by atoms with Crippen molar-refractivity contribution in [3.8, 4) is 0 Å². The molecule has 0 spiro atoms. The van der Waals surface area contributed by atoms with Gasteiger partial charge < -0.3 is 19.7 Å². The number of nitrogens with zero attached hydrogens (tertiary/aromatic N) is 1. The molecule has 1 saturated heterocycles. The largest absolute Gasteiger partial charge is 0.377 e. The normalized spacial score (nSPS) is 24.0. The first-order chi connectivity index (χ1) is 8.97. The number of hydrogen-bond acceptors (Lipinski definition) is 4. The van der Waals surface area contributed by atoms with Crippen molar-refractivity contribution >= 4 is 0 Å². The third-order valence-corrected chi connectivity index (χ3v) is 3.39. The number of likely N-dealkylation sites (N-methyl/N-ethyl adjacent to an activating group) is 1. The third kappa shape index (κ3) is 7.88. The van der Waals surface area contributed by atoms with Crippen LogP contribution in [0, 0.1) is 0 Å². The lowest BCUT2D eigenvalue weighted by Gasteiger charge is -2.22. The van der Waals surface area contributed by atoms with Crippen molar-refractivity contribution in [3.05, 3.63) is 0 Å². The highest BCUT2D eigenvalue weighted by Gasteiger charge is 2.25. The van der Waals surface area contributed by atoms with Crippen molar-refractivity contribution in [1.29, 1.82) is 0 Å². The Morgan fingerprint density at radius 3 is 2.53 bits per heavy atom. The van der Waals surface area contributed by atoms with E-state index < -0.39 is 0 Å². The van der Waals surface area contributed by atoms with E-state index in [4.69, 9.17) is 9.47 Å². The molecule has 4 heteroatoms. The molecule has 0 saturated carbocycles. The van der Waals surface area contributed by atoms with E-state index in [0.717, 1.165) is 26.2 Å². The SMILES string of the molecule is CC(C)NCC1CCC(CN(C)CCOC(C)C)O1. The monoisotopic (exact) mass is 272 g/mol. The molecule has 1 heterocycles. The Balaban J connectivity index is 2.10. The molecule has 2 atom stereocenters. The first-order valence-corrected chi connectivity index (χ1v) is 7.66.